The van der Waals surface area contributed by atoms with Gasteiger partial charge < -0.3 is 9.84 Å². The van der Waals surface area contributed by atoms with Gasteiger partial charge in [-0.1, -0.05) is 18.2 Å². The fourth-order valence-electron chi connectivity index (χ4n) is 1.44. The molecule has 0 saturated heterocycles. The lowest BCUT2D eigenvalue weighted by Gasteiger charge is -2.04. The maximum atomic E-state index is 11.5. The van der Waals surface area contributed by atoms with Crippen LogP contribution in [0.3, 0.4) is 0 Å². The summed E-state index contributed by atoms with van der Waals surface area (Å²) < 4.78 is 5.27. The van der Waals surface area contributed by atoms with Crippen molar-refractivity contribution in [2.75, 3.05) is 6.61 Å². The van der Waals surface area contributed by atoms with Crippen molar-refractivity contribution in [1.29, 1.82) is 0 Å². The maximum Gasteiger partial charge on any atom is 0.277 e. The van der Waals surface area contributed by atoms with Crippen LogP contribution < -0.4 is 10.2 Å². The Labute approximate surface area is 116 Å². The fraction of sp³-hybridized carbons (Fsp3) is 0.0667. The van der Waals surface area contributed by atoms with Gasteiger partial charge in [0.15, 0.2) is 6.61 Å². The highest BCUT2D eigenvalue weighted by atomic mass is 16.5. The molecule has 0 aliphatic carbocycles. The number of amides is 1. The van der Waals surface area contributed by atoms with E-state index in [-0.39, 0.29) is 18.3 Å². The molecule has 0 heterocycles. The van der Waals surface area contributed by atoms with Gasteiger partial charge in [0, 0.05) is 0 Å². The summed E-state index contributed by atoms with van der Waals surface area (Å²) in [7, 11) is 0. The number of hydrazone groups is 1. The predicted molar refractivity (Wildman–Crippen MR) is 75.8 cm³/mol. The van der Waals surface area contributed by atoms with Crippen molar-refractivity contribution < 1.29 is 14.6 Å². The molecule has 0 unspecified atom stereocenters. The molecule has 5 heteroatoms. The van der Waals surface area contributed by atoms with Crippen molar-refractivity contribution in [3.8, 4) is 11.5 Å². The molecule has 0 fully saturated rings. The van der Waals surface area contributed by atoms with E-state index in [1.807, 2.05) is 18.2 Å². The van der Waals surface area contributed by atoms with E-state index < -0.39 is 0 Å². The second-order valence-electron chi connectivity index (χ2n) is 3.99. The lowest BCUT2D eigenvalue weighted by molar-refractivity contribution is -0.123. The first-order valence-electron chi connectivity index (χ1n) is 6.03. The average Bonchev–Trinajstić information content (AvgIpc) is 2.48. The van der Waals surface area contributed by atoms with Crippen LogP contribution in [0, 0.1) is 0 Å². The molecule has 1 amide bonds. The number of hydrogen-bond donors (Lipinski definition) is 2. The van der Waals surface area contributed by atoms with Crippen LogP contribution >= 0.6 is 0 Å². The molecule has 102 valence electrons. The number of phenolic OH excluding ortho intramolecular Hbond substituents is 1. The number of carbonyl (C=O) groups is 1. The zero-order chi connectivity index (χ0) is 14.2. The summed E-state index contributed by atoms with van der Waals surface area (Å²) >= 11 is 0. The van der Waals surface area contributed by atoms with Gasteiger partial charge in [-0.25, -0.2) is 5.43 Å². The molecule has 0 saturated carbocycles. The van der Waals surface area contributed by atoms with Gasteiger partial charge in [-0.3, -0.25) is 4.79 Å². The Morgan fingerprint density at radius 1 is 1.15 bits per heavy atom. The molecule has 0 bridgehead atoms. The van der Waals surface area contributed by atoms with E-state index >= 15 is 0 Å². The third-order valence-corrected chi connectivity index (χ3v) is 2.41. The summed E-state index contributed by atoms with van der Waals surface area (Å²) in [6.45, 7) is -0.100. The van der Waals surface area contributed by atoms with Gasteiger partial charge >= 0.3 is 0 Å². The lowest BCUT2D eigenvalue weighted by Crippen LogP contribution is -2.24. The van der Waals surface area contributed by atoms with Gasteiger partial charge in [0.2, 0.25) is 0 Å². The molecular weight excluding hydrogens is 256 g/mol. The van der Waals surface area contributed by atoms with E-state index in [4.69, 9.17) is 9.84 Å². The highest BCUT2D eigenvalue weighted by molar-refractivity contribution is 5.83. The Hall–Kier alpha value is -2.82. The molecule has 2 rings (SSSR count). The molecular formula is C15H14N2O3. The topological polar surface area (TPSA) is 70.9 Å². The summed E-state index contributed by atoms with van der Waals surface area (Å²) in [4.78, 5) is 11.5. The molecule has 2 N–H and O–H groups in total. The van der Waals surface area contributed by atoms with Gasteiger partial charge in [0.05, 0.1) is 6.21 Å². The highest BCUT2D eigenvalue weighted by Gasteiger charge is 2.00. The minimum Gasteiger partial charge on any atom is -0.508 e. The van der Waals surface area contributed by atoms with Crippen LogP contribution in [0.15, 0.2) is 59.7 Å². The van der Waals surface area contributed by atoms with E-state index in [2.05, 4.69) is 10.5 Å². The Kier molecular flexibility index (Phi) is 4.72. The third kappa shape index (κ3) is 4.45. The van der Waals surface area contributed by atoms with Crippen molar-refractivity contribution in [2.24, 2.45) is 5.10 Å². The molecule has 0 radical (unpaired) electrons. The summed E-state index contributed by atoms with van der Waals surface area (Å²) in [5.41, 5.74) is 3.13. The molecule has 0 aliphatic rings. The van der Waals surface area contributed by atoms with Crippen LogP contribution in [-0.4, -0.2) is 23.8 Å². The maximum absolute atomic E-state index is 11.5. The molecule has 2 aromatic rings. The highest BCUT2D eigenvalue weighted by Crippen LogP contribution is 2.08. The Balaban J connectivity index is 1.76. The third-order valence-electron chi connectivity index (χ3n) is 2.41. The van der Waals surface area contributed by atoms with Gasteiger partial charge in [0.1, 0.15) is 11.5 Å². The molecule has 5 nitrogen and oxygen atoms in total. The first kappa shape index (κ1) is 13.6. The van der Waals surface area contributed by atoms with E-state index in [0.717, 1.165) is 5.56 Å². The van der Waals surface area contributed by atoms with Gasteiger partial charge in [0.25, 0.3) is 5.91 Å². The number of phenols is 1. The quantitative estimate of drug-likeness (QED) is 0.644. The van der Waals surface area contributed by atoms with Crippen LogP contribution in [-0.2, 0) is 4.79 Å². The van der Waals surface area contributed by atoms with Crippen molar-refractivity contribution >= 4 is 12.1 Å². The van der Waals surface area contributed by atoms with Crippen LogP contribution in [0.25, 0.3) is 0 Å². The van der Waals surface area contributed by atoms with E-state index in [1.165, 1.54) is 6.21 Å². The van der Waals surface area contributed by atoms with Gasteiger partial charge in [-0.2, -0.15) is 5.10 Å². The second-order valence-corrected chi connectivity index (χ2v) is 3.99. The molecule has 0 aliphatic heterocycles. The molecule has 0 aromatic heterocycles. The summed E-state index contributed by atoms with van der Waals surface area (Å²) in [5, 5.41) is 12.9. The normalized spacial score (nSPS) is 10.4. The lowest BCUT2D eigenvalue weighted by atomic mass is 10.2. The largest absolute Gasteiger partial charge is 0.508 e. The first-order valence-corrected chi connectivity index (χ1v) is 6.03. The predicted octanol–water partition coefficient (Wildman–Crippen LogP) is 1.92. The molecule has 0 atom stereocenters. The molecule has 20 heavy (non-hydrogen) atoms. The van der Waals surface area contributed by atoms with E-state index in [1.54, 1.807) is 36.4 Å². The number of rotatable bonds is 5. The number of aromatic hydroxyl groups is 1. The van der Waals surface area contributed by atoms with Crippen LogP contribution in [0.5, 0.6) is 11.5 Å². The number of nitrogens with zero attached hydrogens (tertiary/aromatic N) is 1. The minimum absolute atomic E-state index is 0.100. The Morgan fingerprint density at radius 2 is 1.85 bits per heavy atom. The SMILES string of the molecule is O=C(COc1ccccc1)N/N=C/c1ccc(O)cc1. The van der Waals surface area contributed by atoms with Crippen LogP contribution in [0.2, 0.25) is 0 Å². The number of ether oxygens (including phenoxy) is 1. The molecule has 2 aromatic carbocycles. The summed E-state index contributed by atoms with van der Waals surface area (Å²) in [6, 6.07) is 15.5. The van der Waals surface area contributed by atoms with E-state index in [9.17, 15) is 4.79 Å². The molecule has 0 spiro atoms. The summed E-state index contributed by atoms with van der Waals surface area (Å²) in [6.07, 6.45) is 1.49. The standard InChI is InChI=1S/C15H14N2O3/c18-13-8-6-12(7-9-13)10-16-17-15(19)11-20-14-4-2-1-3-5-14/h1-10,18H,11H2,(H,17,19)/b16-10+. The smallest absolute Gasteiger partial charge is 0.277 e. The number of carbonyl (C=O) groups excluding carboxylic acids is 1. The Bertz CT molecular complexity index is 580. The zero-order valence-electron chi connectivity index (χ0n) is 10.7. The number of benzene rings is 2. The number of nitrogens with one attached hydrogen (secondary N) is 1. The first-order chi connectivity index (χ1) is 9.74. The van der Waals surface area contributed by atoms with E-state index in [0.29, 0.717) is 5.75 Å². The van der Waals surface area contributed by atoms with Gasteiger partial charge in [-0.15, -0.1) is 0 Å². The fourth-order valence-corrected chi connectivity index (χ4v) is 1.44. The minimum atomic E-state index is -0.344. The van der Waals surface area contributed by atoms with Crippen molar-refractivity contribution in [3.05, 3.63) is 60.2 Å². The van der Waals surface area contributed by atoms with Crippen LogP contribution in [0.4, 0.5) is 0 Å². The van der Waals surface area contributed by atoms with Crippen molar-refractivity contribution in [2.45, 2.75) is 0 Å². The van der Waals surface area contributed by atoms with Crippen molar-refractivity contribution in [3.63, 3.8) is 0 Å². The second kappa shape index (κ2) is 6.94. The number of para-hydroxylation sites is 1. The van der Waals surface area contributed by atoms with Crippen molar-refractivity contribution in [1.82, 2.24) is 5.43 Å². The monoisotopic (exact) mass is 270 g/mol. The number of hydrogen-bond acceptors (Lipinski definition) is 4. The van der Waals surface area contributed by atoms with Gasteiger partial charge in [-0.05, 0) is 42.0 Å². The zero-order valence-corrected chi connectivity index (χ0v) is 10.7. The Morgan fingerprint density at radius 3 is 2.55 bits per heavy atom. The average molecular weight is 270 g/mol. The summed E-state index contributed by atoms with van der Waals surface area (Å²) in [5.74, 6) is 0.469. The van der Waals surface area contributed by atoms with Crippen LogP contribution in [0.1, 0.15) is 5.56 Å².